The van der Waals surface area contributed by atoms with E-state index in [-0.39, 0.29) is 16.4 Å². The number of aromatic nitrogens is 1. The van der Waals surface area contributed by atoms with E-state index in [1.807, 2.05) is 61.5 Å². The van der Waals surface area contributed by atoms with Gasteiger partial charge in [-0.15, -0.1) is 11.3 Å². The molecule has 4 rings (SSSR count). The second-order valence-corrected chi connectivity index (χ2v) is 10.5. The molecule has 39 heavy (non-hydrogen) atoms. The van der Waals surface area contributed by atoms with Crippen molar-refractivity contribution in [1.82, 2.24) is 4.98 Å². The first kappa shape index (κ1) is 28.2. The molecular formula is C30H35FN4O3S. The molecule has 2 N–H and O–H groups in total. The second kappa shape index (κ2) is 13.8. The number of fused-ring (bicyclic) bond motifs is 1. The predicted molar refractivity (Wildman–Crippen MR) is 158 cm³/mol. The molecule has 9 heteroatoms. The molecule has 4 aromatic rings. The largest absolute Gasteiger partial charge is 0.494 e. The van der Waals surface area contributed by atoms with E-state index in [4.69, 9.17) is 9.47 Å². The molecule has 0 unspecified atom stereocenters. The first-order valence-electron chi connectivity index (χ1n) is 13.3. The van der Waals surface area contributed by atoms with E-state index in [9.17, 15) is 9.18 Å². The number of halogens is 1. The van der Waals surface area contributed by atoms with Gasteiger partial charge in [0.15, 0.2) is 5.82 Å². The van der Waals surface area contributed by atoms with Crippen molar-refractivity contribution >= 4 is 44.6 Å². The predicted octanol–water partition coefficient (Wildman–Crippen LogP) is 7.90. The topological polar surface area (TPSA) is 75.7 Å². The van der Waals surface area contributed by atoms with Crippen LogP contribution in [0.25, 0.3) is 10.2 Å². The van der Waals surface area contributed by atoms with E-state index in [1.165, 1.54) is 55.2 Å². The van der Waals surface area contributed by atoms with Crippen LogP contribution in [0, 0.1) is 5.82 Å². The third-order valence-electron chi connectivity index (χ3n) is 6.18. The average molecular weight is 551 g/mol. The van der Waals surface area contributed by atoms with Crippen LogP contribution in [0.4, 0.5) is 21.5 Å². The van der Waals surface area contributed by atoms with Crippen LogP contribution in [-0.4, -0.2) is 31.7 Å². The first-order valence-corrected chi connectivity index (χ1v) is 14.1. The van der Waals surface area contributed by atoms with E-state index in [0.717, 1.165) is 34.7 Å². The van der Waals surface area contributed by atoms with Gasteiger partial charge in [0.05, 0.1) is 28.2 Å². The normalized spacial score (nSPS) is 10.9. The van der Waals surface area contributed by atoms with Crippen molar-refractivity contribution in [3.8, 4) is 11.5 Å². The van der Waals surface area contributed by atoms with Crippen molar-refractivity contribution in [2.45, 2.75) is 45.4 Å². The van der Waals surface area contributed by atoms with E-state index in [1.54, 1.807) is 0 Å². The number of ether oxygens (including phenoxy) is 2. The van der Waals surface area contributed by atoms with Gasteiger partial charge in [0.1, 0.15) is 11.5 Å². The lowest BCUT2D eigenvalue weighted by Gasteiger charge is -2.14. The van der Waals surface area contributed by atoms with Gasteiger partial charge in [-0.05, 0) is 61.0 Å². The Labute approximate surface area is 232 Å². The van der Waals surface area contributed by atoms with Gasteiger partial charge in [-0.2, -0.15) is 0 Å². The summed E-state index contributed by atoms with van der Waals surface area (Å²) in [6, 6.07) is 17.5. The number of nitrogens with one attached hydrogen (secondary N) is 2. The summed E-state index contributed by atoms with van der Waals surface area (Å²) in [5, 5.41) is 0.198. The zero-order valence-electron chi connectivity index (χ0n) is 22.6. The number of hydrazine groups is 1. The minimum atomic E-state index is -0.634. The number of benzene rings is 3. The monoisotopic (exact) mass is 550 g/mol. The molecular weight excluding hydrogens is 515 g/mol. The van der Waals surface area contributed by atoms with Crippen molar-refractivity contribution < 1.29 is 18.7 Å². The van der Waals surface area contributed by atoms with Gasteiger partial charge in [-0.25, -0.2) is 14.2 Å². The summed E-state index contributed by atoms with van der Waals surface area (Å²) in [4.78, 5) is 19.1. The SMILES string of the molecule is CCCCCCCCOc1ccc2nc(C(=O)Oc3ccc(NNc4ccc(N(C)C)cc4)c(F)c3)sc2c1. The maximum Gasteiger partial charge on any atom is 0.372 e. The first-order chi connectivity index (χ1) is 18.9. The Bertz CT molecular complexity index is 1370. The van der Waals surface area contributed by atoms with Crippen LogP contribution in [0.3, 0.4) is 0 Å². The highest BCUT2D eigenvalue weighted by Gasteiger charge is 2.16. The number of anilines is 3. The maximum atomic E-state index is 14.7. The lowest BCUT2D eigenvalue weighted by atomic mass is 10.1. The number of hydrogen-bond acceptors (Lipinski definition) is 8. The molecule has 1 aromatic heterocycles. The summed E-state index contributed by atoms with van der Waals surface area (Å²) in [5.74, 6) is -0.341. The second-order valence-electron chi connectivity index (χ2n) is 9.49. The Morgan fingerprint density at radius 1 is 0.923 bits per heavy atom. The van der Waals surface area contributed by atoms with E-state index >= 15 is 0 Å². The third kappa shape index (κ3) is 8.07. The molecule has 0 spiro atoms. The Balaban J connectivity index is 1.30. The van der Waals surface area contributed by atoms with Gasteiger partial charge >= 0.3 is 5.97 Å². The summed E-state index contributed by atoms with van der Waals surface area (Å²) in [6.07, 6.45) is 7.23. The molecule has 0 aliphatic carbocycles. The number of nitrogens with zero attached hydrogens (tertiary/aromatic N) is 2. The molecule has 0 fully saturated rings. The van der Waals surface area contributed by atoms with Gasteiger partial charge < -0.3 is 19.8 Å². The van der Waals surface area contributed by atoms with Crippen LogP contribution in [0.2, 0.25) is 0 Å². The molecule has 0 saturated heterocycles. The smallest absolute Gasteiger partial charge is 0.372 e. The highest BCUT2D eigenvalue weighted by molar-refractivity contribution is 7.20. The van der Waals surface area contributed by atoms with Crippen molar-refractivity contribution in [3.05, 3.63) is 71.5 Å². The minimum Gasteiger partial charge on any atom is -0.494 e. The zero-order chi connectivity index (χ0) is 27.6. The molecule has 0 aliphatic heterocycles. The fourth-order valence-corrected chi connectivity index (χ4v) is 4.82. The number of hydrogen-bond donors (Lipinski definition) is 2. The third-order valence-corrected chi connectivity index (χ3v) is 7.18. The van der Waals surface area contributed by atoms with Crippen molar-refractivity contribution in [3.63, 3.8) is 0 Å². The van der Waals surface area contributed by atoms with Crippen LogP contribution < -0.4 is 25.2 Å². The number of rotatable bonds is 14. The van der Waals surface area contributed by atoms with Gasteiger partial charge in [0, 0.05) is 25.8 Å². The molecule has 7 nitrogen and oxygen atoms in total. The molecule has 0 aliphatic rings. The lowest BCUT2D eigenvalue weighted by Crippen LogP contribution is -2.12. The van der Waals surface area contributed by atoms with Gasteiger partial charge in [-0.1, -0.05) is 39.0 Å². The molecule has 1 heterocycles. The summed E-state index contributed by atoms with van der Waals surface area (Å²) in [6.45, 7) is 2.88. The Morgan fingerprint density at radius 3 is 2.41 bits per heavy atom. The number of carbonyl (C=O) groups is 1. The molecule has 206 valence electrons. The van der Waals surface area contributed by atoms with Crippen molar-refractivity contribution in [2.75, 3.05) is 36.5 Å². The van der Waals surface area contributed by atoms with Crippen molar-refractivity contribution in [2.24, 2.45) is 0 Å². The number of thiazole rings is 1. The van der Waals surface area contributed by atoms with Crippen LogP contribution in [-0.2, 0) is 0 Å². The standard InChI is InChI=1S/C30H35FN4O3S/c1-4-5-6-7-8-9-18-37-23-14-17-27-28(20-23)39-29(32-27)30(36)38-24-15-16-26(25(31)19-24)34-33-21-10-12-22(13-11-21)35(2)3/h10-17,19-20,33-34H,4-9,18H2,1-3H3. The number of unbranched alkanes of at least 4 members (excludes halogenated alkanes) is 5. The summed E-state index contributed by atoms with van der Waals surface area (Å²) < 4.78 is 26.8. The van der Waals surface area contributed by atoms with E-state index in [2.05, 4.69) is 22.8 Å². The molecule has 0 bridgehead atoms. The quantitative estimate of drug-likeness (QED) is 0.0715. The Kier molecular flexibility index (Phi) is 9.97. The number of carbonyl (C=O) groups excluding carboxylic acids is 1. The van der Waals surface area contributed by atoms with Gasteiger partial charge in [0.2, 0.25) is 5.01 Å². The summed E-state index contributed by atoms with van der Waals surface area (Å²) >= 11 is 1.22. The van der Waals surface area contributed by atoms with Crippen LogP contribution in [0.15, 0.2) is 60.7 Å². The van der Waals surface area contributed by atoms with Gasteiger partial charge in [-0.3, -0.25) is 5.43 Å². The van der Waals surface area contributed by atoms with E-state index < -0.39 is 11.8 Å². The highest BCUT2D eigenvalue weighted by atomic mass is 32.1. The molecule has 3 aromatic carbocycles. The van der Waals surface area contributed by atoms with Gasteiger partial charge in [0.25, 0.3) is 0 Å². The molecule has 0 amide bonds. The molecule has 0 atom stereocenters. The van der Waals surface area contributed by atoms with E-state index in [0.29, 0.717) is 12.1 Å². The Morgan fingerprint density at radius 2 is 1.67 bits per heavy atom. The Hall–Kier alpha value is -3.85. The summed E-state index contributed by atoms with van der Waals surface area (Å²) in [7, 11) is 3.93. The van der Waals surface area contributed by atoms with Crippen LogP contribution in [0.5, 0.6) is 11.5 Å². The average Bonchev–Trinajstić information content (AvgIpc) is 3.36. The number of esters is 1. The molecule has 0 radical (unpaired) electrons. The molecule has 0 saturated carbocycles. The fourth-order valence-electron chi connectivity index (χ4n) is 3.95. The highest BCUT2D eigenvalue weighted by Crippen LogP contribution is 2.28. The minimum absolute atomic E-state index is 0.0978. The zero-order valence-corrected chi connectivity index (χ0v) is 23.4. The van der Waals surface area contributed by atoms with Crippen molar-refractivity contribution in [1.29, 1.82) is 0 Å². The maximum absolute atomic E-state index is 14.7. The summed E-state index contributed by atoms with van der Waals surface area (Å²) in [5.41, 5.74) is 8.56. The van der Waals surface area contributed by atoms with Crippen LogP contribution in [0.1, 0.15) is 55.3 Å². The van der Waals surface area contributed by atoms with Crippen LogP contribution >= 0.6 is 11.3 Å². The lowest BCUT2D eigenvalue weighted by molar-refractivity contribution is 0.0734. The fraction of sp³-hybridized carbons (Fsp3) is 0.333.